The van der Waals surface area contributed by atoms with Crippen molar-refractivity contribution < 1.29 is 14.3 Å². The SMILES string of the molecule is COCCNC(=O)C1CCCN(c2cc(-c3ccc(OC)cc3)ncn2)C1. The summed E-state index contributed by atoms with van der Waals surface area (Å²) in [4.78, 5) is 23.3. The number of carbonyl (C=O) groups is 1. The molecule has 1 saturated heterocycles. The minimum absolute atomic E-state index is 0.0324. The van der Waals surface area contributed by atoms with Crippen molar-refractivity contribution in [3.63, 3.8) is 0 Å². The molecule has 1 aromatic heterocycles. The average molecular weight is 370 g/mol. The number of anilines is 1. The third-order valence-electron chi connectivity index (χ3n) is 4.76. The number of methoxy groups -OCH3 is 2. The zero-order valence-corrected chi connectivity index (χ0v) is 15.9. The summed E-state index contributed by atoms with van der Waals surface area (Å²) in [6, 6.07) is 9.77. The van der Waals surface area contributed by atoms with Gasteiger partial charge in [-0.3, -0.25) is 4.79 Å². The van der Waals surface area contributed by atoms with E-state index in [-0.39, 0.29) is 11.8 Å². The molecule has 0 aliphatic carbocycles. The number of piperidine rings is 1. The number of amides is 1. The maximum absolute atomic E-state index is 12.4. The Balaban J connectivity index is 1.69. The van der Waals surface area contributed by atoms with Gasteiger partial charge in [0.05, 0.1) is 25.3 Å². The van der Waals surface area contributed by atoms with Crippen molar-refractivity contribution >= 4 is 11.7 Å². The van der Waals surface area contributed by atoms with Crippen LogP contribution in [0, 0.1) is 5.92 Å². The molecule has 3 rings (SSSR count). The van der Waals surface area contributed by atoms with Crippen LogP contribution in [-0.2, 0) is 9.53 Å². The van der Waals surface area contributed by atoms with E-state index in [2.05, 4.69) is 20.2 Å². The molecule has 1 N–H and O–H groups in total. The summed E-state index contributed by atoms with van der Waals surface area (Å²) >= 11 is 0. The minimum atomic E-state index is -0.0324. The lowest BCUT2D eigenvalue weighted by molar-refractivity contribution is -0.125. The second-order valence-corrected chi connectivity index (χ2v) is 6.56. The average Bonchev–Trinajstić information content (AvgIpc) is 2.74. The molecule has 144 valence electrons. The number of aromatic nitrogens is 2. The summed E-state index contributed by atoms with van der Waals surface area (Å²) < 4.78 is 10.2. The summed E-state index contributed by atoms with van der Waals surface area (Å²) in [7, 11) is 3.28. The summed E-state index contributed by atoms with van der Waals surface area (Å²) in [5, 5.41) is 2.94. The normalized spacial score (nSPS) is 16.8. The van der Waals surface area contributed by atoms with Crippen LogP contribution in [0.25, 0.3) is 11.3 Å². The van der Waals surface area contributed by atoms with Crippen LogP contribution in [0.2, 0.25) is 0 Å². The number of nitrogens with one attached hydrogen (secondary N) is 1. The quantitative estimate of drug-likeness (QED) is 0.753. The van der Waals surface area contributed by atoms with Gasteiger partial charge in [0.1, 0.15) is 17.9 Å². The lowest BCUT2D eigenvalue weighted by Crippen LogP contribution is -2.44. The molecule has 1 amide bonds. The molecule has 1 unspecified atom stereocenters. The molecule has 7 nitrogen and oxygen atoms in total. The van der Waals surface area contributed by atoms with E-state index in [1.807, 2.05) is 30.3 Å². The predicted molar refractivity (Wildman–Crippen MR) is 104 cm³/mol. The van der Waals surface area contributed by atoms with E-state index in [9.17, 15) is 4.79 Å². The molecule has 1 aliphatic rings. The fourth-order valence-corrected chi connectivity index (χ4v) is 3.26. The van der Waals surface area contributed by atoms with E-state index >= 15 is 0 Å². The second-order valence-electron chi connectivity index (χ2n) is 6.56. The minimum Gasteiger partial charge on any atom is -0.497 e. The molecule has 1 aliphatic heterocycles. The monoisotopic (exact) mass is 370 g/mol. The smallest absolute Gasteiger partial charge is 0.224 e. The molecule has 0 spiro atoms. The van der Waals surface area contributed by atoms with Crippen molar-refractivity contribution in [2.45, 2.75) is 12.8 Å². The Morgan fingerprint density at radius 1 is 1.26 bits per heavy atom. The molecule has 2 heterocycles. The molecule has 0 bridgehead atoms. The fourth-order valence-electron chi connectivity index (χ4n) is 3.26. The number of hydrogen-bond acceptors (Lipinski definition) is 6. The zero-order chi connectivity index (χ0) is 19.1. The Labute approximate surface area is 159 Å². The van der Waals surface area contributed by atoms with Gasteiger partial charge in [-0.05, 0) is 37.1 Å². The van der Waals surface area contributed by atoms with Gasteiger partial charge in [-0.2, -0.15) is 0 Å². The highest BCUT2D eigenvalue weighted by atomic mass is 16.5. The molecule has 27 heavy (non-hydrogen) atoms. The molecule has 1 fully saturated rings. The van der Waals surface area contributed by atoms with Crippen LogP contribution in [0.4, 0.5) is 5.82 Å². The first kappa shape index (κ1) is 19.1. The Bertz CT molecular complexity index is 751. The van der Waals surface area contributed by atoms with Crippen molar-refractivity contribution in [2.24, 2.45) is 5.92 Å². The largest absolute Gasteiger partial charge is 0.497 e. The van der Waals surface area contributed by atoms with Gasteiger partial charge in [0.25, 0.3) is 0 Å². The molecule has 7 heteroatoms. The predicted octanol–water partition coefficient (Wildman–Crippen LogP) is 2.13. The number of hydrogen-bond donors (Lipinski definition) is 1. The van der Waals surface area contributed by atoms with Crippen LogP contribution in [0.5, 0.6) is 5.75 Å². The van der Waals surface area contributed by atoms with E-state index < -0.39 is 0 Å². The number of benzene rings is 1. The number of rotatable bonds is 7. The Morgan fingerprint density at radius 2 is 2.07 bits per heavy atom. The highest BCUT2D eigenvalue weighted by Crippen LogP contribution is 2.26. The van der Waals surface area contributed by atoms with Crippen molar-refractivity contribution in [1.29, 1.82) is 0 Å². The van der Waals surface area contributed by atoms with Crippen LogP contribution in [-0.4, -0.2) is 56.3 Å². The first-order valence-electron chi connectivity index (χ1n) is 9.19. The van der Waals surface area contributed by atoms with Gasteiger partial charge >= 0.3 is 0 Å². The lowest BCUT2D eigenvalue weighted by atomic mass is 9.97. The summed E-state index contributed by atoms with van der Waals surface area (Å²) in [5.41, 5.74) is 1.86. The molecular weight excluding hydrogens is 344 g/mol. The maximum atomic E-state index is 12.4. The van der Waals surface area contributed by atoms with Gasteiger partial charge in [0.15, 0.2) is 0 Å². The maximum Gasteiger partial charge on any atom is 0.224 e. The Kier molecular flexibility index (Phi) is 6.59. The van der Waals surface area contributed by atoms with Gasteiger partial charge in [0, 0.05) is 38.4 Å². The van der Waals surface area contributed by atoms with E-state index in [0.29, 0.717) is 19.7 Å². The third kappa shape index (κ3) is 4.95. The van der Waals surface area contributed by atoms with Gasteiger partial charge in [-0.25, -0.2) is 9.97 Å². The second kappa shape index (κ2) is 9.32. The number of nitrogens with zero attached hydrogens (tertiary/aromatic N) is 3. The van der Waals surface area contributed by atoms with E-state index in [1.165, 1.54) is 0 Å². The van der Waals surface area contributed by atoms with E-state index in [0.717, 1.165) is 42.2 Å². The molecule has 1 atom stereocenters. The Morgan fingerprint density at radius 3 is 2.81 bits per heavy atom. The summed E-state index contributed by atoms with van der Waals surface area (Å²) in [5.74, 6) is 1.72. The van der Waals surface area contributed by atoms with Gasteiger partial charge in [-0.15, -0.1) is 0 Å². The highest BCUT2D eigenvalue weighted by molar-refractivity contribution is 5.79. The summed E-state index contributed by atoms with van der Waals surface area (Å²) in [6.45, 7) is 2.62. The number of ether oxygens (including phenoxy) is 2. The van der Waals surface area contributed by atoms with Crippen molar-refractivity contribution in [3.8, 4) is 17.0 Å². The van der Waals surface area contributed by atoms with E-state index in [4.69, 9.17) is 9.47 Å². The first-order chi connectivity index (χ1) is 13.2. The van der Waals surface area contributed by atoms with Crippen LogP contribution in [0.1, 0.15) is 12.8 Å². The Hall–Kier alpha value is -2.67. The number of carbonyl (C=O) groups excluding carboxylic acids is 1. The van der Waals surface area contributed by atoms with Crippen LogP contribution < -0.4 is 15.0 Å². The van der Waals surface area contributed by atoms with Crippen molar-refractivity contribution in [1.82, 2.24) is 15.3 Å². The van der Waals surface area contributed by atoms with E-state index in [1.54, 1.807) is 20.5 Å². The summed E-state index contributed by atoms with van der Waals surface area (Å²) in [6.07, 6.45) is 3.44. The van der Waals surface area contributed by atoms with Crippen LogP contribution in [0.3, 0.4) is 0 Å². The lowest BCUT2D eigenvalue weighted by Gasteiger charge is -2.33. The molecule has 0 saturated carbocycles. The molecular formula is C20H26N4O3. The topological polar surface area (TPSA) is 76.6 Å². The molecule has 1 aromatic carbocycles. The third-order valence-corrected chi connectivity index (χ3v) is 4.76. The molecule has 2 aromatic rings. The fraction of sp³-hybridized carbons (Fsp3) is 0.450. The van der Waals surface area contributed by atoms with Crippen molar-refractivity contribution in [3.05, 3.63) is 36.7 Å². The van der Waals surface area contributed by atoms with Crippen molar-refractivity contribution in [2.75, 3.05) is 45.4 Å². The van der Waals surface area contributed by atoms with Crippen LogP contribution >= 0.6 is 0 Å². The standard InChI is InChI=1S/C20H26N4O3/c1-26-11-9-21-20(25)16-4-3-10-24(13-16)19-12-18(22-14-23-19)15-5-7-17(27-2)8-6-15/h5-8,12,14,16H,3-4,9-11,13H2,1-2H3,(H,21,25). The van der Waals surface area contributed by atoms with Gasteiger partial charge in [0.2, 0.25) is 5.91 Å². The van der Waals surface area contributed by atoms with Gasteiger partial charge < -0.3 is 19.7 Å². The first-order valence-corrected chi connectivity index (χ1v) is 9.19. The van der Waals surface area contributed by atoms with Crippen LogP contribution in [0.15, 0.2) is 36.7 Å². The molecule has 0 radical (unpaired) electrons. The zero-order valence-electron chi connectivity index (χ0n) is 15.9. The highest BCUT2D eigenvalue weighted by Gasteiger charge is 2.26. The van der Waals surface area contributed by atoms with Gasteiger partial charge in [-0.1, -0.05) is 0 Å².